The fourth-order valence-corrected chi connectivity index (χ4v) is 4.78. The summed E-state index contributed by atoms with van der Waals surface area (Å²) in [4.78, 5) is 24.4. The first-order valence-electron chi connectivity index (χ1n) is 13.4. The highest BCUT2D eigenvalue weighted by Gasteiger charge is 2.50. The lowest BCUT2D eigenvalue weighted by Gasteiger charge is -2.43. The molecular weight excluding hydrogens is 440 g/mol. The van der Waals surface area contributed by atoms with E-state index in [1.165, 1.54) is 32.6 Å². The maximum atomic E-state index is 12.6. The fourth-order valence-electron chi connectivity index (χ4n) is 4.78. The van der Waals surface area contributed by atoms with Crippen molar-refractivity contribution in [3.8, 4) is 0 Å². The molecule has 0 aromatic heterocycles. The molecule has 0 aliphatic carbocycles. The van der Waals surface area contributed by atoms with E-state index in [-0.39, 0.29) is 12.5 Å². The molecule has 0 aromatic rings. The number of hydrogen-bond acceptors (Lipinski definition) is 8. The zero-order valence-corrected chi connectivity index (χ0v) is 21.1. The van der Waals surface area contributed by atoms with Crippen molar-refractivity contribution in [3.63, 3.8) is 0 Å². The van der Waals surface area contributed by atoms with Crippen LogP contribution >= 0.6 is 0 Å². The van der Waals surface area contributed by atoms with Crippen LogP contribution < -0.4 is 0 Å². The molecule has 34 heavy (non-hydrogen) atoms. The van der Waals surface area contributed by atoms with Crippen molar-refractivity contribution >= 4 is 11.9 Å². The second-order valence-corrected chi connectivity index (χ2v) is 9.72. The Bertz CT molecular complexity index is 583. The third-order valence-electron chi connectivity index (χ3n) is 6.73. The summed E-state index contributed by atoms with van der Waals surface area (Å²) in [5.41, 5.74) is 0. The van der Waals surface area contributed by atoms with Crippen LogP contribution in [0.5, 0.6) is 0 Å². The SMILES string of the molecule is CCCCCCC1CCCCCCCCCCC(=O)OC2C(O1)OC(CO)C(O)C2OC(C)=O. The summed E-state index contributed by atoms with van der Waals surface area (Å²) in [6.45, 7) is 2.94. The van der Waals surface area contributed by atoms with Crippen LogP contribution in [0.2, 0.25) is 0 Å². The van der Waals surface area contributed by atoms with E-state index in [1.807, 2.05) is 0 Å². The van der Waals surface area contributed by atoms with E-state index in [0.717, 1.165) is 64.2 Å². The predicted molar refractivity (Wildman–Crippen MR) is 127 cm³/mol. The Morgan fingerprint density at radius 2 is 1.68 bits per heavy atom. The van der Waals surface area contributed by atoms with Gasteiger partial charge in [-0.2, -0.15) is 0 Å². The van der Waals surface area contributed by atoms with E-state index in [1.54, 1.807) is 0 Å². The lowest BCUT2D eigenvalue weighted by molar-refractivity contribution is -0.316. The molecule has 2 N–H and O–H groups in total. The minimum atomic E-state index is -1.33. The maximum Gasteiger partial charge on any atom is 0.306 e. The summed E-state index contributed by atoms with van der Waals surface area (Å²) in [6, 6.07) is 0. The Kier molecular flexibility index (Phi) is 14.0. The van der Waals surface area contributed by atoms with Gasteiger partial charge in [-0.15, -0.1) is 0 Å². The average molecular weight is 487 g/mol. The van der Waals surface area contributed by atoms with E-state index in [4.69, 9.17) is 18.9 Å². The summed E-state index contributed by atoms with van der Waals surface area (Å²) in [5, 5.41) is 20.5. The molecular formula is C26H46O8. The molecule has 2 aliphatic heterocycles. The minimum absolute atomic E-state index is 0.108. The van der Waals surface area contributed by atoms with Crippen LogP contribution in [0.4, 0.5) is 0 Å². The zero-order chi connectivity index (χ0) is 24.8. The van der Waals surface area contributed by atoms with Gasteiger partial charge in [0.25, 0.3) is 0 Å². The van der Waals surface area contributed by atoms with Crippen molar-refractivity contribution in [1.82, 2.24) is 0 Å². The molecule has 0 aromatic carbocycles. The molecule has 2 aliphatic rings. The quantitative estimate of drug-likeness (QED) is 0.407. The summed E-state index contributed by atoms with van der Waals surface area (Å²) < 4.78 is 23.3. The van der Waals surface area contributed by atoms with Crippen molar-refractivity contribution in [3.05, 3.63) is 0 Å². The van der Waals surface area contributed by atoms with Gasteiger partial charge in [-0.25, -0.2) is 0 Å². The van der Waals surface area contributed by atoms with Gasteiger partial charge in [0, 0.05) is 13.3 Å². The predicted octanol–water partition coefficient (Wildman–Crippen LogP) is 4.18. The lowest BCUT2D eigenvalue weighted by atomic mass is 9.97. The van der Waals surface area contributed by atoms with Gasteiger partial charge >= 0.3 is 11.9 Å². The summed E-state index contributed by atoms with van der Waals surface area (Å²) >= 11 is 0. The van der Waals surface area contributed by atoms with Crippen molar-refractivity contribution in [2.75, 3.05) is 6.61 Å². The number of aliphatic hydroxyl groups excluding tert-OH is 2. The second-order valence-electron chi connectivity index (χ2n) is 9.72. The normalized spacial score (nSPS) is 32.4. The molecule has 2 heterocycles. The smallest absolute Gasteiger partial charge is 0.306 e. The first kappa shape index (κ1) is 29.0. The molecule has 8 nitrogen and oxygen atoms in total. The lowest BCUT2D eigenvalue weighted by Crippen LogP contribution is -2.62. The standard InChI is InChI=1S/C26H46O8/c1-3-4-5-12-15-20-16-13-10-8-6-7-9-11-14-17-22(29)34-25-24(31-19(2)28)23(30)21(18-27)33-26(25)32-20/h20-21,23-27,30H,3-18H2,1-2H3. The van der Waals surface area contributed by atoms with Gasteiger partial charge in [0.15, 0.2) is 18.5 Å². The minimum Gasteiger partial charge on any atom is -0.455 e. The molecule has 0 saturated carbocycles. The summed E-state index contributed by atoms with van der Waals surface area (Å²) in [6.07, 6.45) is 9.21. The van der Waals surface area contributed by atoms with E-state index in [2.05, 4.69) is 6.92 Å². The van der Waals surface area contributed by atoms with Crippen molar-refractivity contribution < 1.29 is 38.7 Å². The third kappa shape index (κ3) is 10.2. The molecule has 6 unspecified atom stereocenters. The van der Waals surface area contributed by atoms with Crippen LogP contribution in [0.1, 0.15) is 110 Å². The van der Waals surface area contributed by atoms with E-state index in [9.17, 15) is 19.8 Å². The molecule has 198 valence electrons. The topological polar surface area (TPSA) is 112 Å². The van der Waals surface area contributed by atoms with Crippen LogP contribution in [-0.2, 0) is 28.5 Å². The molecule has 0 radical (unpaired) electrons. The summed E-state index contributed by atoms with van der Waals surface area (Å²) in [7, 11) is 0. The fraction of sp³-hybridized carbons (Fsp3) is 0.923. The van der Waals surface area contributed by atoms with Crippen molar-refractivity contribution in [1.29, 1.82) is 0 Å². The largest absolute Gasteiger partial charge is 0.455 e. The Morgan fingerprint density at radius 3 is 2.32 bits per heavy atom. The highest BCUT2D eigenvalue weighted by molar-refractivity contribution is 5.70. The number of carbonyl (C=O) groups excluding carboxylic acids is 2. The van der Waals surface area contributed by atoms with Crippen LogP contribution in [0, 0.1) is 0 Å². The third-order valence-corrected chi connectivity index (χ3v) is 6.73. The van der Waals surface area contributed by atoms with Crippen LogP contribution in [-0.4, -0.2) is 65.6 Å². The van der Waals surface area contributed by atoms with Crippen LogP contribution in [0.25, 0.3) is 0 Å². The highest BCUT2D eigenvalue weighted by Crippen LogP contribution is 2.30. The van der Waals surface area contributed by atoms with E-state index < -0.39 is 49.3 Å². The van der Waals surface area contributed by atoms with E-state index >= 15 is 0 Å². The number of ether oxygens (including phenoxy) is 4. The molecule has 2 fully saturated rings. The molecule has 6 atom stereocenters. The molecule has 0 spiro atoms. The number of unbranched alkanes of at least 4 members (excludes halogenated alkanes) is 3. The average Bonchev–Trinajstić information content (AvgIpc) is 2.80. The molecule has 0 bridgehead atoms. The highest BCUT2D eigenvalue weighted by atomic mass is 16.7. The zero-order valence-electron chi connectivity index (χ0n) is 21.1. The molecule has 0 amide bonds. The Morgan fingerprint density at radius 1 is 1.00 bits per heavy atom. The Hall–Kier alpha value is -1.22. The van der Waals surface area contributed by atoms with Gasteiger partial charge in [-0.3, -0.25) is 9.59 Å². The van der Waals surface area contributed by atoms with Crippen molar-refractivity contribution in [2.45, 2.75) is 147 Å². The molecule has 8 heteroatoms. The van der Waals surface area contributed by atoms with Gasteiger partial charge in [-0.05, 0) is 19.3 Å². The maximum absolute atomic E-state index is 12.6. The van der Waals surface area contributed by atoms with Crippen LogP contribution in [0.15, 0.2) is 0 Å². The van der Waals surface area contributed by atoms with Crippen molar-refractivity contribution in [2.24, 2.45) is 0 Å². The van der Waals surface area contributed by atoms with Crippen LogP contribution in [0.3, 0.4) is 0 Å². The Balaban J connectivity index is 2.22. The van der Waals surface area contributed by atoms with Gasteiger partial charge in [0.2, 0.25) is 0 Å². The summed E-state index contributed by atoms with van der Waals surface area (Å²) in [5.74, 6) is -1.04. The Labute approximate surface area is 204 Å². The number of hydrogen-bond donors (Lipinski definition) is 2. The van der Waals surface area contributed by atoms with Gasteiger partial charge in [-0.1, -0.05) is 77.6 Å². The number of rotatable bonds is 7. The number of esters is 2. The number of fused-ring (bicyclic) bond motifs is 1. The first-order chi connectivity index (χ1) is 16.5. The van der Waals surface area contributed by atoms with Gasteiger partial charge < -0.3 is 29.2 Å². The van der Waals surface area contributed by atoms with Gasteiger partial charge in [0.1, 0.15) is 12.2 Å². The monoisotopic (exact) mass is 486 g/mol. The molecule has 2 saturated heterocycles. The number of carbonyl (C=O) groups is 2. The molecule has 2 rings (SSSR count). The first-order valence-corrected chi connectivity index (χ1v) is 13.4. The number of aliphatic hydroxyl groups is 2. The van der Waals surface area contributed by atoms with Gasteiger partial charge in [0.05, 0.1) is 12.7 Å². The second kappa shape index (κ2) is 16.5. The van der Waals surface area contributed by atoms with E-state index in [0.29, 0.717) is 0 Å².